The molecule has 2 N–H and O–H groups in total. The molecule has 2 aromatic carbocycles. The molecule has 0 atom stereocenters. The van der Waals surface area contributed by atoms with Gasteiger partial charge in [-0.05, 0) is 92.4 Å². The van der Waals surface area contributed by atoms with Crippen LogP contribution in [0.25, 0.3) is 28.4 Å². The van der Waals surface area contributed by atoms with Gasteiger partial charge in [0.25, 0.3) is 11.1 Å². The highest BCUT2D eigenvalue weighted by atomic mass is 35.5. The van der Waals surface area contributed by atoms with Crippen LogP contribution in [0.15, 0.2) is 63.9 Å². The molecule has 4 rings (SSSR count). The number of benzene rings is 2. The van der Waals surface area contributed by atoms with Gasteiger partial charge in [-0.3, -0.25) is 14.2 Å². The average molecular weight is 1010 g/mol. The number of esters is 2. The maximum atomic E-state index is 14.1. The van der Waals surface area contributed by atoms with Crippen molar-refractivity contribution in [3.63, 3.8) is 0 Å². The van der Waals surface area contributed by atoms with E-state index in [2.05, 4.69) is 24.4 Å². The van der Waals surface area contributed by atoms with Gasteiger partial charge in [-0.2, -0.15) is 5.26 Å². The largest absolute Gasteiger partial charge is 0.502 e. The van der Waals surface area contributed by atoms with E-state index in [9.17, 15) is 34.7 Å². The second kappa shape index (κ2) is 30.4. The van der Waals surface area contributed by atoms with E-state index in [0.29, 0.717) is 12.8 Å². The first-order chi connectivity index (χ1) is 34.3. The summed E-state index contributed by atoms with van der Waals surface area (Å²) >= 11 is 13.1. The summed E-state index contributed by atoms with van der Waals surface area (Å²) in [7, 11) is 0. The predicted octanol–water partition coefficient (Wildman–Crippen LogP) is 14.8. The number of halogens is 2. The highest BCUT2D eigenvalue weighted by molar-refractivity contribution is 6.33. The fraction of sp³-hybridized carbons (Fsp3) is 0.456. The van der Waals surface area contributed by atoms with Gasteiger partial charge in [0.2, 0.25) is 17.4 Å². The van der Waals surface area contributed by atoms with E-state index in [0.717, 1.165) is 47.7 Å². The van der Waals surface area contributed by atoms with Crippen LogP contribution in [-0.2, 0) is 9.47 Å². The van der Waals surface area contributed by atoms with Crippen molar-refractivity contribution in [1.82, 2.24) is 9.13 Å². The Labute approximate surface area is 428 Å². The van der Waals surface area contributed by atoms with E-state index in [1.54, 1.807) is 0 Å². The monoisotopic (exact) mass is 1010 g/mol. The summed E-state index contributed by atoms with van der Waals surface area (Å²) in [5, 5.41) is 32.9. The van der Waals surface area contributed by atoms with Crippen LogP contribution in [0.5, 0.6) is 11.8 Å². The molecule has 0 saturated heterocycles. The number of carbonyl (C=O) groups excluding carboxylic acids is 2. The number of aromatic hydroxyl groups is 2. The maximum absolute atomic E-state index is 14.1. The van der Waals surface area contributed by atoms with Crippen LogP contribution in [0.3, 0.4) is 0 Å². The fourth-order valence-corrected chi connectivity index (χ4v) is 8.68. The fourth-order valence-electron chi connectivity index (χ4n) is 8.28. The molecule has 71 heavy (non-hydrogen) atoms. The molecule has 0 radical (unpaired) electrons. The van der Waals surface area contributed by atoms with Crippen molar-refractivity contribution in [2.24, 2.45) is 0 Å². The number of nitriles is 1. The zero-order valence-electron chi connectivity index (χ0n) is 41.7. The van der Waals surface area contributed by atoms with E-state index < -0.39 is 34.8 Å². The Bertz CT molecular complexity index is 2770. The Kier molecular flexibility index (Phi) is 24.6. The second-order valence-corrected chi connectivity index (χ2v) is 18.6. The summed E-state index contributed by atoms with van der Waals surface area (Å²) in [5.74, 6) is -2.47. The molecule has 0 aliphatic heterocycles. The first-order valence-electron chi connectivity index (χ1n) is 25.1. The first kappa shape index (κ1) is 57.3. The third kappa shape index (κ3) is 16.4. The van der Waals surface area contributed by atoms with Gasteiger partial charge < -0.3 is 19.7 Å². The molecule has 14 heteroatoms. The zero-order chi connectivity index (χ0) is 51.7. The quantitative estimate of drug-likeness (QED) is 0.0177. The van der Waals surface area contributed by atoms with Crippen LogP contribution in [0, 0.1) is 31.8 Å². The predicted molar refractivity (Wildman–Crippen MR) is 284 cm³/mol. The van der Waals surface area contributed by atoms with Crippen molar-refractivity contribution >= 4 is 53.0 Å². The standard InChI is InChI=1S/C57H68Cl2N4O8/c1-6-8-10-12-14-16-18-20-22-27-35-70-56(68)42-31-33-47(58)49(37-42)62-52(64)44(40(3)46(39-60)54(62)66)29-25-24-26-30-45-41(4)51(61-5)55(67)63(53(45)65)50-38-43(32-34-48(50)59)57(69)71-36-28-23-21-19-17-15-13-11-9-7-2/h24-25,29-34,37-38,64,67H,6-23,27-28,35-36H2,1-4H3. The number of hydrogen-bond donors (Lipinski definition) is 2. The summed E-state index contributed by atoms with van der Waals surface area (Å²) in [4.78, 5) is 57.4. The number of allylic oxidation sites excluding steroid dienone is 2. The number of carbonyl (C=O) groups is 2. The van der Waals surface area contributed by atoms with E-state index in [-0.39, 0.29) is 79.3 Å². The molecule has 0 saturated carbocycles. The Morgan fingerprint density at radius 3 is 1.54 bits per heavy atom. The molecule has 0 fully saturated rings. The number of hydrogen-bond acceptors (Lipinski definition) is 9. The number of unbranched alkanes of at least 4 members (excludes halogenated alkanes) is 18. The van der Waals surface area contributed by atoms with Crippen LogP contribution in [0.4, 0.5) is 5.69 Å². The molecule has 2 aromatic heterocycles. The van der Waals surface area contributed by atoms with Crippen molar-refractivity contribution in [3.05, 3.63) is 135 Å². The third-order valence-corrected chi connectivity index (χ3v) is 13.1. The highest BCUT2D eigenvalue weighted by Gasteiger charge is 2.24. The summed E-state index contributed by atoms with van der Waals surface area (Å²) in [6, 6.07) is 10.3. The first-order valence-corrected chi connectivity index (χ1v) is 25.9. The summed E-state index contributed by atoms with van der Waals surface area (Å²) < 4.78 is 12.8. The number of ether oxygens (including phenoxy) is 2. The molecule has 378 valence electrons. The minimum absolute atomic E-state index is 0.0145. The Hall–Kier alpha value is -6.30. The minimum Gasteiger partial charge on any atom is -0.502 e. The molecule has 2 heterocycles. The van der Waals surface area contributed by atoms with Gasteiger partial charge in [0.15, 0.2) is 0 Å². The maximum Gasteiger partial charge on any atom is 0.338 e. The molecular weight excluding hydrogens is 940 g/mol. The molecule has 0 amide bonds. The van der Waals surface area contributed by atoms with E-state index in [1.165, 1.54) is 152 Å². The minimum atomic E-state index is -0.852. The SMILES string of the molecule is [C-]#[N+]c1c(C)c(C=C=CC=Cc2c(C)c(C#N)c(=O)n(-c3cc(C(=O)OCCCCCCCCCCCC)ccc3Cl)c2O)c(=O)n(-c2cc(C(=O)OCCCCCCCCCCCC)ccc2Cl)c1O. The van der Waals surface area contributed by atoms with Crippen molar-refractivity contribution in [3.8, 4) is 29.2 Å². The normalized spacial score (nSPS) is 11.0. The van der Waals surface area contributed by atoms with Gasteiger partial charge in [-0.25, -0.2) is 19.0 Å². The van der Waals surface area contributed by atoms with Crippen LogP contribution >= 0.6 is 23.2 Å². The summed E-state index contributed by atoms with van der Waals surface area (Å²) in [5.41, 5.74) is 1.29. The smallest absolute Gasteiger partial charge is 0.338 e. The van der Waals surface area contributed by atoms with Crippen molar-refractivity contribution in [2.45, 2.75) is 156 Å². The molecule has 0 spiro atoms. The number of pyridine rings is 2. The lowest BCUT2D eigenvalue weighted by atomic mass is 10.0. The molecule has 0 bridgehead atoms. The molecule has 4 aromatic rings. The van der Waals surface area contributed by atoms with Gasteiger partial charge in [0.1, 0.15) is 11.6 Å². The molecule has 0 unspecified atom stereocenters. The van der Waals surface area contributed by atoms with Crippen molar-refractivity contribution in [1.29, 1.82) is 5.26 Å². The van der Waals surface area contributed by atoms with Crippen LogP contribution in [-0.4, -0.2) is 44.5 Å². The zero-order valence-corrected chi connectivity index (χ0v) is 43.2. The molecular formula is C57H68Cl2N4O8. The van der Waals surface area contributed by atoms with E-state index in [4.69, 9.17) is 39.2 Å². The molecule has 12 nitrogen and oxygen atoms in total. The van der Waals surface area contributed by atoms with Gasteiger partial charge in [0, 0.05) is 11.1 Å². The Morgan fingerprint density at radius 2 is 1.10 bits per heavy atom. The highest BCUT2D eigenvalue weighted by Crippen LogP contribution is 2.35. The lowest BCUT2D eigenvalue weighted by Crippen LogP contribution is -2.24. The van der Waals surface area contributed by atoms with Crippen LogP contribution in [0.1, 0.15) is 191 Å². The third-order valence-electron chi connectivity index (χ3n) is 12.5. The van der Waals surface area contributed by atoms with Gasteiger partial charge >= 0.3 is 11.9 Å². The van der Waals surface area contributed by atoms with E-state index in [1.807, 2.05) is 6.07 Å². The van der Waals surface area contributed by atoms with E-state index >= 15 is 0 Å². The lowest BCUT2D eigenvalue weighted by Gasteiger charge is -2.16. The van der Waals surface area contributed by atoms with Crippen LogP contribution in [0.2, 0.25) is 10.0 Å². The average Bonchev–Trinajstić information content (AvgIpc) is 3.35. The van der Waals surface area contributed by atoms with Crippen LogP contribution < -0.4 is 11.1 Å². The number of nitrogens with zero attached hydrogens (tertiary/aromatic N) is 4. The molecule has 0 aliphatic rings. The van der Waals surface area contributed by atoms with Crippen molar-refractivity contribution in [2.75, 3.05) is 13.2 Å². The van der Waals surface area contributed by atoms with Gasteiger partial charge in [-0.15, -0.1) is 5.73 Å². The van der Waals surface area contributed by atoms with Crippen molar-refractivity contribution < 1.29 is 29.3 Å². The second-order valence-electron chi connectivity index (χ2n) is 17.8. The number of aromatic nitrogens is 2. The number of rotatable bonds is 29. The topological polar surface area (TPSA) is 165 Å². The van der Waals surface area contributed by atoms with Gasteiger partial charge in [-0.1, -0.05) is 159 Å². The van der Waals surface area contributed by atoms with Gasteiger partial charge in [0.05, 0.1) is 52.3 Å². The Balaban J connectivity index is 1.52. The Morgan fingerprint density at radius 1 is 0.662 bits per heavy atom. The lowest BCUT2D eigenvalue weighted by molar-refractivity contribution is 0.0488. The summed E-state index contributed by atoms with van der Waals surface area (Å²) in [6.07, 6.45) is 28.3. The summed E-state index contributed by atoms with van der Waals surface area (Å²) in [6.45, 7) is 15.7. The molecule has 0 aliphatic carbocycles.